The van der Waals surface area contributed by atoms with Crippen molar-refractivity contribution in [2.24, 2.45) is 0 Å². The highest BCUT2D eigenvalue weighted by atomic mass is 19.1. The van der Waals surface area contributed by atoms with Gasteiger partial charge in [0.15, 0.2) is 0 Å². The smallest absolute Gasteiger partial charge is 0.270 e. The zero-order chi connectivity index (χ0) is 16.9. The van der Waals surface area contributed by atoms with Crippen LogP contribution in [0.3, 0.4) is 0 Å². The summed E-state index contributed by atoms with van der Waals surface area (Å²) in [6, 6.07) is 19.9. The van der Waals surface area contributed by atoms with Crippen LogP contribution in [0.15, 0.2) is 72.9 Å². The first-order valence-corrected chi connectivity index (χ1v) is 7.82. The van der Waals surface area contributed by atoms with E-state index in [9.17, 15) is 9.18 Å². The van der Waals surface area contributed by atoms with Crippen LogP contribution in [0.5, 0.6) is 0 Å². The molecular formula is C20H19FN2O. The van der Waals surface area contributed by atoms with E-state index in [-0.39, 0.29) is 11.7 Å². The molecule has 0 atom stereocenters. The normalized spacial score (nSPS) is 10.6. The number of amides is 1. The highest BCUT2D eigenvalue weighted by Gasteiger charge is 2.16. The summed E-state index contributed by atoms with van der Waals surface area (Å²) in [4.78, 5) is 14.4. The molecule has 2 aromatic carbocycles. The predicted octanol–water partition coefficient (Wildman–Crippen LogP) is 3.95. The van der Waals surface area contributed by atoms with Gasteiger partial charge in [-0.05, 0) is 35.4 Å². The van der Waals surface area contributed by atoms with Crippen molar-refractivity contribution in [3.05, 3.63) is 95.6 Å². The molecule has 0 aliphatic heterocycles. The minimum Gasteiger partial charge on any atom is -0.339 e. The molecule has 0 spiro atoms. The predicted molar refractivity (Wildman–Crippen MR) is 92.2 cm³/mol. The standard InChI is InChI=1S/C20H19FN2O/c1-22(14-17-9-11-18(21)12-10-17)20(24)19-8-5-13-23(19)15-16-6-3-2-4-7-16/h2-13H,14-15H2,1H3. The average molecular weight is 322 g/mol. The Balaban J connectivity index is 1.73. The van der Waals surface area contributed by atoms with E-state index < -0.39 is 0 Å². The Morgan fingerprint density at radius 2 is 1.67 bits per heavy atom. The summed E-state index contributed by atoms with van der Waals surface area (Å²) in [7, 11) is 1.76. The molecule has 0 fully saturated rings. The molecule has 0 saturated carbocycles. The third kappa shape index (κ3) is 3.71. The number of carbonyl (C=O) groups is 1. The Kier molecular flexibility index (Phi) is 4.75. The van der Waals surface area contributed by atoms with Crippen LogP contribution in [0, 0.1) is 5.82 Å². The van der Waals surface area contributed by atoms with Crippen molar-refractivity contribution in [1.82, 2.24) is 9.47 Å². The van der Waals surface area contributed by atoms with Crippen molar-refractivity contribution >= 4 is 5.91 Å². The Hall–Kier alpha value is -2.88. The van der Waals surface area contributed by atoms with Crippen LogP contribution in [-0.4, -0.2) is 22.4 Å². The van der Waals surface area contributed by atoms with Gasteiger partial charge < -0.3 is 9.47 Å². The Labute approximate surface area is 141 Å². The van der Waals surface area contributed by atoms with Gasteiger partial charge in [-0.1, -0.05) is 42.5 Å². The first kappa shape index (κ1) is 16.0. The zero-order valence-corrected chi connectivity index (χ0v) is 13.5. The quantitative estimate of drug-likeness (QED) is 0.698. The van der Waals surface area contributed by atoms with Gasteiger partial charge in [-0.2, -0.15) is 0 Å². The van der Waals surface area contributed by atoms with Crippen molar-refractivity contribution < 1.29 is 9.18 Å². The van der Waals surface area contributed by atoms with Crippen molar-refractivity contribution in [3.63, 3.8) is 0 Å². The molecule has 1 aromatic heterocycles. The molecule has 1 heterocycles. The maximum atomic E-state index is 13.0. The van der Waals surface area contributed by atoms with E-state index in [2.05, 4.69) is 0 Å². The Morgan fingerprint density at radius 3 is 2.38 bits per heavy atom. The van der Waals surface area contributed by atoms with Gasteiger partial charge in [0.05, 0.1) is 0 Å². The van der Waals surface area contributed by atoms with Gasteiger partial charge in [0.25, 0.3) is 5.91 Å². The summed E-state index contributed by atoms with van der Waals surface area (Å²) in [5.41, 5.74) is 2.68. The number of hydrogen-bond donors (Lipinski definition) is 0. The highest BCUT2D eigenvalue weighted by molar-refractivity contribution is 5.92. The number of rotatable bonds is 5. The van der Waals surface area contributed by atoms with Gasteiger partial charge in [0.2, 0.25) is 0 Å². The van der Waals surface area contributed by atoms with E-state index in [1.165, 1.54) is 12.1 Å². The lowest BCUT2D eigenvalue weighted by atomic mass is 10.2. The fraction of sp³-hybridized carbons (Fsp3) is 0.150. The second kappa shape index (κ2) is 7.13. The molecule has 0 aliphatic rings. The molecule has 122 valence electrons. The fourth-order valence-electron chi connectivity index (χ4n) is 2.66. The van der Waals surface area contributed by atoms with Crippen molar-refractivity contribution in [2.75, 3.05) is 7.05 Å². The van der Waals surface area contributed by atoms with E-state index in [1.54, 1.807) is 24.1 Å². The second-order valence-corrected chi connectivity index (χ2v) is 5.79. The summed E-state index contributed by atoms with van der Waals surface area (Å²) in [5.74, 6) is -0.329. The minimum absolute atomic E-state index is 0.0553. The largest absolute Gasteiger partial charge is 0.339 e. The Morgan fingerprint density at radius 1 is 0.958 bits per heavy atom. The number of hydrogen-bond acceptors (Lipinski definition) is 1. The molecule has 3 nitrogen and oxygen atoms in total. The summed E-state index contributed by atoms with van der Waals surface area (Å²) < 4.78 is 14.9. The SMILES string of the molecule is CN(Cc1ccc(F)cc1)C(=O)c1cccn1Cc1ccccc1. The number of halogens is 1. The first-order chi connectivity index (χ1) is 11.6. The third-order valence-corrected chi connectivity index (χ3v) is 3.92. The Bertz CT molecular complexity index is 809. The van der Waals surface area contributed by atoms with Crippen molar-refractivity contribution in [1.29, 1.82) is 0 Å². The summed E-state index contributed by atoms with van der Waals surface area (Å²) in [5, 5.41) is 0. The highest BCUT2D eigenvalue weighted by Crippen LogP contribution is 2.12. The third-order valence-electron chi connectivity index (χ3n) is 3.92. The van der Waals surface area contributed by atoms with Crippen LogP contribution < -0.4 is 0 Å². The molecule has 0 N–H and O–H groups in total. The van der Waals surface area contributed by atoms with E-state index in [1.807, 2.05) is 53.2 Å². The van der Waals surface area contributed by atoms with Crippen LogP contribution >= 0.6 is 0 Å². The average Bonchev–Trinajstić information content (AvgIpc) is 3.05. The van der Waals surface area contributed by atoms with Crippen LogP contribution in [-0.2, 0) is 13.1 Å². The molecule has 1 amide bonds. The lowest BCUT2D eigenvalue weighted by molar-refractivity contribution is 0.0775. The van der Waals surface area contributed by atoms with Gasteiger partial charge in [0, 0.05) is 26.3 Å². The monoisotopic (exact) mass is 322 g/mol. The van der Waals surface area contributed by atoms with E-state index in [0.717, 1.165) is 11.1 Å². The maximum absolute atomic E-state index is 13.0. The summed E-state index contributed by atoms with van der Waals surface area (Å²) >= 11 is 0. The maximum Gasteiger partial charge on any atom is 0.270 e. The number of benzene rings is 2. The van der Waals surface area contributed by atoms with Crippen LogP contribution in [0.1, 0.15) is 21.6 Å². The first-order valence-electron chi connectivity index (χ1n) is 7.82. The molecule has 0 bridgehead atoms. The fourth-order valence-corrected chi connectivity index (χ4v) is 2.66. The van der Waals surface area contributed by atoms with E-state index in [0.29, 0.717) is 18.8 Å². The van der Waals surface area contributed by atoms with Gasteiger partial charge >= 0.3 is 0 Å². The zero-order valence-electron chi connectivity index (χ0n) is 13.5. The van der Waals surface area contributed by atoms with Crippen LogP contribution in [0.25, 0.3) is 0 Å². The summed E-state index contributed by atoms with van der Waals surface area (Å²) in [6.45, 7) is 1.09. The van der Waals surface area contributed by atoms with Gasteiger partial charge in [-0.3, -0.25) is 4.79 Å². The van der Waals surface area contributed by atoms with Gasteiger partial charge in [-0.25, -0.2) is 4.39 Å². The minimum atomic E-state index is -0.274. The number of carbonyl (C=O) groups excluding carboxylic acids is 1. The van der Waals surface area contributed by atoms with Gasteiger partial charge in [0.1, 0.15) is 11.5 Å². The van der Waals surface area contributed by atoms with E-state index in [4.69, 9.17) is 0 Å². The molecule has 4 heteroatoms. The molecule has 0 aliphatic carbocycles. The van der Waals surface area contributed by atoms with Crippen molar-refractivity contribution in [2.45, 2.75) is 13.1 Å². The van der Waals surface area contributed by atoms with Crippen molar-refractivity contribution in [3.8, 4) is 0 Å². The number of nitrogens with zero attached hydrogens (tertiary/aromatic N) is 2. The molecule has 24 heavy (non-hydrogen) atoms. The molecule has 3 rings (SSSR count). The summed E-state index contributed by atoms with van der Waals surface area (Å²) in [6.07, 6.45) is 1.91. The van der Waals surface area contributed by atoms with Gasteiger partial charge in [-0.15, -0.1) is 0 Å². The molecule has 0 radical (unpaired) electrons. The second-order valence-electron chi connectivity index (χ2n) is 5.79. The molecular weight excluding hydrogens is 303 g/mol. The topological polar surface area (TPSA) is 25.2 Å². The molecule has 3 aromatic rings. The molecule has 0 unspecified atom stereocenters. The number of aromatic nitrogens is 1. The van der Waals surface area contributed by atoms with Crippen LogP contribution in [0.4, 0.5) is 4.39 Å². The lowest BCUT2D eigenvalue weighted by Crippen LogP contribution is -2.28. The van der Waals surface area contributed by atoms with E-state index >= 15 is 0 Å². The molecule has 0 saturated heterocycles. The van der Waals surface area contributed by atoms with Crippen LogP contribution in [0.2, 0.25) is 0 Å². The lowest BCUT2D eigenvalue weighted by Gasteiger charge is -2.18.